The minimum absolute atomic E-state index is 0.000109. The highest BCUT2D eigenvalue weighted by atomic mass is 32.1. The zero-order valence-corrected chi connectivity index (χ0v) is 12.4. The molecule has 0 bridgehead atoms. The summed E-state index contributed by atoms with van der Waals surface area (Å²) < 4.78 is 1.19. The van der Waals surface area contributed by atoms with Crippen molar-refractivity contribution < 1.29 is 9.90 Å². The van der Waals surface area contributed by atoms with Crippen molar-refractivity contribution in [3.05, 3.63) is 29.3 Å². The molecule has 1 heterocycles. The normalized spacial score (nSPS) is 12.5. The Hall–Kier alpha value is -1.46. The van der Waals surface area contributed by atoms with Gasteiger partial charge in [-0.25, -0.2) is 4.98 Å². The van der Waals surface area contributed by atoms with Crippen molar-refractivity contribution >= 4 is 27.5 Å². The number of aliphatic hydroxyl groups excluding tert-OH is 1. The van der Waals surface area contributed by atoms with Gasteiger partial charge in [-0.3, -0.25) is 4.79 Å². The number of amides is 1. The summed E-state index contributed by atoms with van der Waals surface area (Å²) in [4.78, 5) is 16.2. The average molecular weight is 292 g/mol. The Balaban J connectivity index is 1.79. The van der Waals surface area contributed by atoms with Crippen molar-refractivity contribution in [1.29, 1.82) is 0 Å². The number of aliphatic hydroxyl groups is 1. The molecule has 2 rings (SSSR count). The minimum Gasteiger partial charge on any atom is -0.394 e. The Bertz CT molecular complexity index is 531. The first-order valence-corrected chi connectivity index (χ1v) is 7.79. The van der Waals surface area contributed by atoms with E-state index in [-0.39, 0.29) is 18.6 Å². The molecular weight excluding hydrogens is 272 g/mol. The Kier molecular flexibility index (Phi) is 5.49. The first kappa shape index (κ1) is 14.9. The predicted octanol–water partition coefficient (Wildman–Crippen LogP) is 2.51. The maximum Gasteiger partial charge on any atom is 0.220 e. The molecule has 0 saturated carbocycles. The third-order valence-corrected chi connectivity index (χ3v) is 4.31. The van der Waals surface area contributed by atoms with Gasteiger partial charge in [0, 0.05) is 6.42 Å². The van der Waals surface area contributed by atoms with Crippen LogP contribution in [0, 0.1) is 0 Å². The number of aryl methyl sites for hydroxylation is 1. The van der Waals surface area contributed by atoms with E-state index in [9.17, 15) is 4.79 Å². The van der Waals surface area contributed by atoms with Gasteiger partial charge in [0.25, 0.3) is 0 Å². The number of rotatable bonds is 7. The molecule has 0 aliphatic rings. The molecule has 1 amide bonds. The molecule has 0 aliphatic heterocycles. The van der Waals surface area contributed by atoms with Gasteiger partial charge in [-0.05, 0) is 31.4 Å². The van der Waals surface area contributed by atoms with Gasteiger partial charge >= 0.3 is 0 Å². The van der Waals surface area contributed by atoms with Gasteiger partial charge in [0.1, 0.15) is 0 Å². The maximum absolute atomic E-state index is 11.7. The fraction of sp³-hybridized carbons (Fsp3) is 0.467. The highest BCUT2D eigenvalue weighted by Crippen LogP contribution is 2.22. The smallest absolute Gasteiger partial charge is 0.220 e. The van der Waals surface area contributed by atoms with Crippen molar-refractivity contribution in [2.75, 3.05) is 6.61 Å². The first-order chi connectivity index (χ1) is 9.72. The second-order valence-electron chi connectivity index (χ2n) is 4.78. The number of fused-ring (bicyclic) bond motifs is 1. The quantitative estimate of drug-likeness (QED) is 0.824. The summed E-state index contributed by atoms with van der Waals surface area (Å²) in [5.41, 5.74) is 1.03. The molecule has 2 aromatic rings. The van der Waals surface area contributed by atoms with Gasteiger partial charge in [-0.1, -0.05) is 19.1 Å². The van der Waals surface area contributed by atoms with E-state index in [1.54, 1.807) is 11.3 Å². The fourth-order valence-corrected chi connectivity index (χ4v) is 3.01. The van der Waals surface area contributed by atoms with Crippen molar-refractivity contribution in [3.63, 3.8) is 0 Å². The Morgan fingerprint density at radius 2 is 2.25 bits per heavy atom. The van der Waals surface area contributed by atoms with Gasteiger partial charge in [0.2, 0.25) is 5.91 Å². The molecule has 0 saturated heterocycles. The van der Waals surface area contributed by atoms with Gasteiger partial charge in [0.15, 0.2) is 0 Å². The molecule has 20 heavy (non-hydrogen) atoms. The SMILES string of the molecule is CCC(CO)NC(=O)CCCc1nc2ccccc2s1. The van der Waals surface area contributed by atoms with Crippen LogP contribution in [-0.4, -0.2) is 28.6 Å². The molecule has 0 aliphatic carbocycles. The van der Waals surface area contributed by atoms with Gasteiger partial charge < -0.3 is 10.4 Å². The number of nitrogens with one attached hydrogen (secondary N) is 1. The third-order valence-electron chi connectivity index (χ3n) is 3.21. The zero-order chi connectivity index (χ0) is 14.4. The Labute approximate surface area is 122 Å². The molecule has 4 nitrogen and oxygen atoms in total. The lowest BCUT2D eigenvalue weighted by Gasteiger charge is -2.13. The first-order valence-electron chi connectivity index (χ1n) is 6.97. The number of thiazole rings is 1. The molecule has 0 spiro atoms. The summed E-state index contributed by atoms with van der Waals surface area (Å²) >= 11 is 1.69. The monoisotopic (exact) mass is 292 g/mol. The number of benzene rings is 1. The van der Waals surface area contributed by atoms with E-state index in [4.69, 9.17) is 5.11 Å². The lowest BCUT2D eigenvalue weighted by Crippen LogP contribution is -2.36. The number of carbonyl (C=O) groups is 1. The van der Waals surface area contributed by atoms with E-state index in [1.165, 1.54) is 4.70 Å². The van der Waals surface area contributed by atoms with Gasteiger partial charge in [-0.15, -0.1) is 11.3 Å². The standard InChI is InChI=1S/C15H20N2O2S/c1-2-11(10-18)16-14(19)8-5-9-15-17-12-6-3-4-7-13(12)20-15/h3-4,6-7,11,18H,2,5,8-10H2,1H3,(H,16,19). The van der Waals surface area contributed by atoms with Crippen LogP contribution in [0.5, 0.6) is 0 Å². The second-order valence-corrected chi connectivity index (χ2v) is 5.90. The van der Waals surface area contributed by atoms with Crippen molar-refractivity contribution in [2.45, 2.75) is 38.6 Å². The van der Waals surface area contributed by atoms with E-state index < -0.39 is 0 Å². The number of aromatic nitrogens is 1. The van der Waals surface area contributed by atoms with E-state index in [2.05, 4.69) is 16.4 Å². The lowest BCUT2D eigenvalue weighted by atomic mass is 10.2. The van der Waals surface area contributed by atoms with E-state index in [1.807, 2.05) is 25.1 Å². The predicted molar refractivity (Wildman–Crippen MR) is 81.9 cm³/mol. The maximum atomic E-state index is 11.7. The fourth-order valence-electron chi connectivity index (χ4n) is 2.00. The molecule has 108 valence electrons. The van der Waals surface area contributed by atoms with Crippen molar-refractivity contribution in [3.8, 4) is 0 Å². The van der Waals surface area contributed by atoms with Crippen LogP contribution in [0.2, 0.25) is 0 Å². The van der Waals surface area contributed by atoms with Gasteiger partial charge in [-0.2, -0.15) is 0 Å². The topological polar surface area (TPSA) is 62.2 Å². The van der Waals surface area contributed by atoms with Crippen LogP contribution < -0.4 is 5.32 Å². The average Bonchev–Trinajstić information content (AvgIpc) is 2.87. The summed E-state index contributed by atoms with van der Waals surface area (Å²) in [6.07, 6.45) is 2.84. The van der Waals surface area contributed by atoms with Crippen molar-refractivity contribution in [2.24, 2.45) is 0 Å². The molecule has 5 heteroatoms. The van der Waals surface area contributed by atoms with Crippen LogP contribution in [0.3, 0.4) is 0 Å². The molecular formula is C15H20N2O2S. The summed E-state index contributed by atoms with van der Waals surface area (Å²) in [7, 11) is 0. The van der Waals surface area contributed by atoms with Crippen molar-refractivity contribution in [1.82, 2.24) is 10.3 Å². The third kappa shape index (κ3) is 4.02. The summed E-state index contributed by atoms with van der Waals surface area (Å²) in [6, 6.07) is 7.95. The Morgan fingerprint density at radius 1 is 1.45 bits per heavy atom. The van der Waals surface area contributed by atoms with E-state index >= 15 is 0 Å². The Morgan fingerprint density at radius 3 is 2.95 bits per heavy atom. The lowest BCUT2D eigenvalue weighted by molar-refractivity contribution is -0.122. The number of para-hydroxylation sites is 1. The van der Waals surface area contributed by atoms with Crippen LogP contribution in [-0.2, 0) is 11.2 Å². The molecule has 1 atom stereocenters. The molecule has 0 fully saturated rings. The number of nitrogens with zero attached hydrogens (tertiary/aromatic N) is 1. The number of carbonyl (C=O) groups excluding carboxylic acids is 1. The second kappa shape index (κ2) is 7.36. The van der Waals surface area contributed by atoms with Crippen LogP contribution >= 0.6 is 11.3 Å². The van der Waals surface area contributed by atoms with E-state index in [0.717, 1.165) is 29.8 Å². The van der Waals surface area contributed by atoms with Gasteiger partial charge in [0.05, 0.1) is 27.9 Å². The molecule has 1 aromatic carbocycles. The molecule has 1 aromatic heterocycles. The zero-order valence-electron chi connectivity index (χ0n) is 11.6. The molecule has 0 radical (unpaired) electrons. The van der Waals surface area contributed by atoms with Crippen LogP contribution in [0.1, 0.15) is 31.2 Å². The highest BCUT2D eigenvalue weighted by molar-refractivity contribution is 7.18. The molecule has 1 unspecified atom stereocenters. The molecule has 2 N–H and O–H groups in total. The van der Waals surface area contributed by atoms with E-state index in [0.29, 0.717) is 6.42 Å². The largest absolute Gasteiger partial charge is 0.394 e. The number of hydrogen-bond acceptors (Lipinski definition) is 4. The summed E-state index contributed by atoms with van der Waals surface area (Å²) in [5.74, 6) is 0.00649. The summed E-state index contributed by atoms with van der Waals surface area (Å²) in [5, 5.41) is 12.9. The highest BCUT2D eigenvalue weighted by Gasteiger charge is 2.09. The minimum atomic E-state index is -0.120. The summed E-state index contributed by atoms with van der Waals surface area (Å²) in [6.45, 7) is 1.95. The van der Waals surface area contributed by atoms with Crippen LogP contribution in [0.4, 0.5) is 0 Å². The van der Waals surface area contributed by atoms with Crippen LogP contribution in [0.25, 0.3) is 10.2 Å². The number of hydrogen-bond donors (Lipinski definition) is 2. The van der Waals surface area contributed by atoms with Crippen LogP contribution in [0.15, 0.2) is 24.3 Å².